The number of rotatable bonds is 4. The SMILES string of the molecule is O=C(Nc1ccc2c(c1)CCN2C(=O)c1cccs1)c1ccc(Cl)c([N+](=O)[O-])c1. The number of nitro benzene ring substituents is 1. The maximum atomic E-state index is 12.6. The van der Waals surface area contributed by atoms with Crippen LogP contribution < -0.4 is 10.2 Å². The third-order valence-electron chi connectivity index (χ3n) is 4.62. The number of fused-ring (bicyclic) bond motifs is 1. The number of halogens is 1. The van der Waals surface area contributed by atoms with E-state index < -0.39 is 10.8 Å². The average molecular weight is 428 g/mol. The standard InChI is InChI=1S/C20H14ClN3O4S/c21-15-5-3-13(11-17(15)24(27)28)19(25)22-14-4-6-16-12(10-14)7-8-23(16)20(26)18-2-1-9-29-18/h1-6,9-11H,7-8H2,(H,22,25). The van der Waals surface area contributed by atoms with Crippen LogP contribution in [0.4, 0.5) is 17.1 Å². The normalized spacial score (nSPS) is 12.5. The number of hydrogen-bond donors (Lipinski definition) is 1. The predicted molar refractivity (Wildman–Crippen MR) is 112 cm³/mol. The zero-order valence-electron chi connectivity index (χ0n) is 14.9. The monoisotopic (exact) mass is 427 g/mol. The van der Waals surface area contributed by atoms with Crippen molar-refractivity contribution >= 4 is 51.8 Å². The molecule has 3 aromatic rings. The van der Waals surface area contributed by atoms with E-state index in [4.69, 9.17) is 11.6 Å². The number of hydrogen-bond acceptors (Lipinski definition) is 5. The molecule has 1 aromatic heterocycles. The highest BCUT2D eigenvalue weighted by Crippen LogP contribution is 2.32. The molecule has 2 amide bonds. The number of carbonyl (C=O) groups is 2. The van der Waals surface area contributed by atoms with Crippen LogP contribution in [0.15, 0.2) is 53.9 Å². The minimum atomic E-state index is -0.631. The number of nitro groups is 1. The van der Waals surface area contributed by atoms with Crippen LogP contribution in [0.2, 0.25) is 5.02 Å². The molecule has 146 valence electrons. The number of amides is 2. The lowest BCUT2D eigenvalue weighted by atomic mass is 10.1. The number of anilines is 2. The van der Waals surface area contributed by atoms with E-state index >= 15 is 0 Å². The van der Waals surface area contributed by atoms with Crippen LogP contribution >= 0.6 is 22.9 Å². The van der Waals surface area contributed by atoms with Gasteiger partial charge in [0.2, 0.25) is 0 Å². The quantitative estimate of drug-likeness (QED) is 0.479. The second kappa shape index (κ2) is 7.65. The van der Waals surface area contributed by atoms with Crippen molar-refractivity contribution in [2.75, 3.05) is 16.8 Å². The molecule has 0 fully saturated rings. The van der Waals surface area contributed by atoms with Crippen molar-refractivity contribution in [1.82, 2.24) is 0 Å². The Morgan fingerprint density at radius 3 is 2.72 bits per heavy atom. The molecule has 9 heteroatoms. The number of nitrogens with zero attached hydrogens (tertiary/aromatic N) is 2. The fraction of sp³-hybridized carbons (Fsp3) is 0.100. The number of carbonyl (C=O) groups excluding carboxylic acids is 2. The third kappa shape index (κ3) is 3.72. The minimum Gasteiger partial charge on any atom is -0.322 e. The summed E-state index contributed by atoms with van der Waals surface area (Å²) in [6, 6.07) is 12.9. The van der Waals surface area contributed by atoms with E-state index in [9.17, 15) is 19.7 Å². The van der Waals surface area contributed by atoms with Crippen LogP contribution in [0, 0.1) is 10.1 Å². The molecule has 1 aliphatic heterocycles. The summed E-state index contributed by atoms with van der Waals surface area (Å²) in [6.45, 7) is 0.576. The van der Waals surface area contributed by atoms with Gasteiger partial charge in [-0.3, -0.25) is 19.7 Å². The maximum absolute atomic E-state index is 12.6. The molecule has 7 nitrogen and oxygen atoms in total. The molecule has 0 atom stereocenters. The van der Waals surface area contributed by atoms with Crippen LogP contribution in [0.3, 0.4) is 0 Å². The van der Waals surface area contributed by atoms with E-state index in [-0.39, 0.29) is 22.2 Å². The highest BCUT2D eigenvalue weighted by atomic mass is 35.5. The molecule has 2 heterocycles. The Kier molecular flexibility index (Phi) is 5.04. The second-order valence-electron chi connectivity index (χ2n) is 6.41. The molecule has 29 heavy (non-hydrogen) atoms. The van der Waals surface area contributed by atoms with Gasteiger partial charge < -0.3 is 10.2 Å². The van der Waals surface area contributed by atoms with Gasteiger partial charge in [0.15, 0.2) is 0 Å². The molecule has 2 aromatic carbocycles. The smallest absolute Gasteiger partial charge is 0.288 e. The van der Waals surface area contributed by atoms with E-state index in [0.717, 1.165) is 17.3 Å². The average Bonchev–Trinajstić information content (AvgIpc) is 3.37. The van der Waals surface area contributed by atoms with Crippen molar-refractivity contribution < 1.29 is 14.5 Å². The summed E-state index contributed by atoms with van der Waals surface area (Å²) < 4.78 is 0. The third-order valence-corrected chi connectivity index (χ3v) is 5.79. The van der Waals surface area contributed by atoms with Gasteiger partial charge in [-0.1, -0.05) is 17.7 Å². The van der Waals surface area contributed by atoms with Gasteiger partial charge in [0.25, 0.3) is 17.5 Å². The van der Waals surface area contributed by atoms with Crippen molar-refractivity contribution in [2.24, 2.45) is 0 Å². The van der Waals surface area contributed by atoms with Gasteiger partial charge in [-0.25, -0.2) is 0 Å². The molecule has 0 saturated heterocycles. The first-order valence-corrected chi connectivity index (χ1v) is 9.93. The highest BCUT2D eigenvalue weighted by Gasteiger charge is 2.26. The molecule has 0 spiro atoms. The highest BCUT2D eigenvalue weighted by molar-refractivity contribution is 7.12. The van der Waals surface area contributed by atoms with E-state index in [1.165, 1.54) is 23.5 Å². The van der Waals surface area contributed by atoms with Crippen LogP contribution in [0.25, 0.3) is 0 Å². The van der Waals surface area contributed by atoms with Crippen molar-refractivity contribution in [3.05, 3.63) is 85.1 Å². The lowest BCUT2D eigenvalue weighted by Crippen LogP contribution is -2.28. The Morgan fingerprint density at radius 1 is 1.17 bits per heavy atom. The second-order valence-corrected chi connectivity index (χ2v) is 7.76. The minimum absolute atomic E-state index is 0.0282. The van der Waals surface area contributed by atoms with E-state index in [2.05, 4.69) is 5.32 Å². The first-order valence-electron chi connectivity index (χ1n) is 8.67. The molecule has 4 rings (SSSR count). The van der Waals surface area contributed by atoms with Crippen molar-refractivity contribution in [3.63, 3.8) is 0 Å². The summed E-state index contributed by atoms with van der Waals surface area (Å²) in [6.07, 6.45) is 0.683. The molecule has 1 aliphatic rings. The predicted octanol–water partition coefficient (Wildman–Crippen LogP) is 4.76. The first kappa shape index (κ1) is 19.1. The Morgan fingerprint density at radius 2 is 2.00 bits per heavy atom. The fourth-order valence-electron chi connectivity index (χ4n) is 3.22. The fourth-order valence-corrected chi connectivity index (χ4v) is 4.08. The summed E-state index contributed by atoms with van der Waals surface area (Å²) in [5.41, 5.74) is 2.14. The summed E-state index contributed by atoms with van der Waals surface area (Å²) in [5, 5.41) is 15.6. The Hall–Kier alpha value is -3.23. The number of thiophene rings is 1. The lowest BCUT2D eigenvalue weighted by Gasteiger charge is -2.16. The Bertz CT molecular complexity index is 1130. The number of benzene rings is 2. The molecule has 0 bridgehead atoms. The van der Waals surface area contributed by atoms with Crippen LogP contribution in [0.5, 0.6) is 0 Å². The van der Waals surface area contributed by atoms with Gasteiger partial charge in [0.05, 0.1) is 9.80 Å². The molecule has 1 N–H and O–H groups in total. The van der Waals surface area contributed by atoms with Gasteiger partial charge in [-0.2, -0.15) is 0 Å². The summed E-state index contributed by atoms with van der Waals surface area (Å²) in [5.74, 6) is -0.516. The molecular formula is C20H14ClN3O4S. The summed E-state index contributed by atoms with van der Waals surface area (Å²) in [4.78, 5) is 37.9. The van der Waals surface area contributed by atoms with Crippen molar-refractivity contribution in [2.45, 2.75) is 6.42 Å². The van der Waals surface area contributed by atoms with Gasteiger partial charge >= 0.3 is 0 Å². The number of nitrogens with one attached hydrogen (secondary N) is 1. The van der Waals surface area contributed by atoms with Gasteiger partial charge in [0.1, 0.15) is 5.02 Å². The molecule has 0 radical (unpaired) electrons. The molecular weight excluding hydrogens is 414 g/mol. The Labute approximate surface area is 174 Å². The maximum Gasteiger partial charge on any atom is 0.288 e. The van der Waals surface area contributed by atoms with Gasteiger partial charge in [-0.15, -0.1) is 11.3 Å². The van der Waals surface area contributed by atoms with Crippen molar-refractivity contribution in [1.29, 1.82) is 0 Å². The topological polar surface area (TPSA) is 92.6 Å². The zero-order valence-corrected chi connectivity index (χ0v) is 16.5. The van der Waals surface area contributed by atoms with Gasteiger partial charge in [-0.05, 0) is 53.8 Å². The first-order chi connectivity index (χ1) is 13.9. The zero-order chi connectivity index (χ0) is 20.5. The Balaban J connectivity index is 1.53. The van der Waals surface area contributed by atoms with Crippen LogP contribution in [0.1, 0.15) is 25.6 Å². The van der Waals surface area contributed by atoms with E-state index in [1.54, 1.807) is 23.1 Å². The van der Waals surface area contributed by atoms with E-state index in [0.29, 0.717) is 23.5 Å². The molecule has 0 aliphatic carbocycles. The summed E-state index contributed by atoms with van der Waals surface area (Å²) >= 11 is 7.19. The van der Waals surface area contributed by atoms with E-state index in [1.807, 2.05) is 17.5 Å². The van der Waals surface area contributed by atoms with Crippen LogP contribution in [-0.4, -0.2) is 23.3 Å². The largest absolute Gasteiger partial charge is 0.322 e. The van der Waals surface area contributed by atoms with Crippen molar-refractivity contribution in [3.8, 4) is 0 Å². The van der Waals surface area contributed by atoms with Crippen LogP contribution in [-0.2, 0) is 6.42 Å². The van der Waals surface area contributed by atoms with Gasteiger partial charge in [0, 0.05) is 29.5 Å². The molecule has 0 unspecified atom stereocenters. The molecule has 0 saturated carbocycles. The lowest BCUT2D eigenvalue weighted by molar-refractivity contribution is -0.384. The summed E-state index contributed by atoms with van der Waals surface area (Å²) in [7, 11) is 0.